The lowest BCUT2D eigenvalue weighted by Gasteiger charge is -2.05. The summed E-state index contributed by atoms with van der Waals surface area (Å²) in [7, 11) is 0. The summed E-state index contributed by atoms with van der Waals surface area (Å²) >= 11 is 0.505. The molecule has 1 aromatic carbocycles. The molecule has 1 aliphatic heterocycles. The Morgan fingerprint density at radius 3 is 2.72 bits per heavy atom. The van der Waals surface area contributed by atoms with Gasteiger partial charge in [0.1, 0.15) is 29.0 Å². The van der Waals surface area contributed by atoms with E-state index in [1.54, 1.807) is 42.5 Å². The van der Waals surface area contributed by atoms with Crippen molar-refractivity contribution in [2.75, 3.05) is 0 Å². The van der Waals surface area contributed by atoms with E-state index in [-0.39, 0.29) is 0 Å². The monoisotopic (exact) mass is 412 g/mol. The number of alkyl halides is 2. The molecule has 0 bridgehead atoms. The summed E-state index contributed by atoms with van der Waals surface area (Å²) in [5, 5.41) is 18.1. The highest BCUT2D eigenvalue weighted by Crippen LogP contribution is 2.30. The molecule has 1 aliphatic rings. The van der Waals surface area contributed by atoms with Gasteiger partial charge in [-0.1, -0.05) is 30.3 Å². The van der Waals surface area contributed by atoms with Crippen molar-refractivity contribution >= 4 is 23.4 Å². The standard InChI is InChI=1S/C21H18F2N4OS/c22-21(23)29-17-8-5-14(6-9-17)18-10-7-16(28-18)12-15(13-24)20-26-25-19-4-2-1-3-11-27(19)20/h5-10,12,21H,1-4,11H2. The molecular weight excluding hydrogens is 394 g/mol. The van der Waals surface area contributed by atoms with Crippen LogP contribution in [0.5, 0.6) is 0 Å². The Morgan fingerprint density at radius 2 is 1.97 bits per heavy atom. The molecule has 148 valence electrons. The van der Waals surface area contributed by atoms with Gasteiger partial charge in [0.2, 0.25) is 0 Å². The van der Waals surface area contributed by atoms with Crippen LogP contribution in [-0.4, -0.2) is 20.5 Å². The van der Waals surface area contributed by atoms with Crippen LogP contribution in [0.25, 0.3) is 23.0 Å². The van der Waals surface area contributed by atoms with Gasteiger partial charge in [-0.25, -0.2) is 0 Å². The predicted octanol–water partition coefficient (Wildman–Crippen LogP) is 5.64. The van der Waals surface area contributed by atoms with Gasteiger partial charge in [-0.2, -0.15) is 14.0 Å². The summed E-state index contributed by atoms with van der Waals surface area (Å²) in [6, 6.07) is 12.5. The number of halogens is 2. The second kappa shape index (κ2) is 8.62. The lowest BCUT2D eigenvalue weighted by atomic mass is 10.2. The van der Waals surface area contributed by atoms with Crippen molar-refractivity contribution in [2.45, 2.75) is 42.9 Å². The second-order valence-corrected chi connectivity index (χ2v) is 7.74. The van der Waals surface area contributed by atoms with Crippen LogP contribution in [0.4, 0.5) is 8.78 Å². The number of aryl methyl sites for hydroxylation is 1. The minimum absolute atomic E-state index is 0.398. The normalized spacial score (nSPS) is 14.5. The van der Waals surface area contributed by atoms with E-state index in [9.17, 15) is 14.0 Å². The first-order valence-electron chi connectivity index (χ1n) is 9.33. The van der Waals surface area contributed by atoms with Gasteiger partial charge in [0, 0.05) is 29.5 Å². The third kappa shape index (κ3) is 4.40. The molecule has 8 heteroatoms. The van der Waals surface area contributed by atoms with Crippen molar-refractivity contribution in [2.24, 2.45) is 0 Å². The van der Waals surface area contributed by atoms with Gasteiger partial charge >= 0.3 is 0 Å². The maximum absolute atomic E-state index is 12.4. The number of aromatic nitrogens is 3. The summed E-state index contributed by atoms with van der Waals surface area (Å²) < 4.78 is 32.8. The molecule has 4 rings (SSSR count). The molecule has 0 radical (unpaired) electrons. The van der Waals surface area contributed by atoms with E-state index >= 15 is 0 Å². The zero-order valence-electron chi connectivity index (χ0n) is 15.5. The number of nitrogens with zero attached hydrogens (tertiary/aromatic N) is 4. The third-order valence-electron chi connectivity index (χ3n) is 4.75. The van der Waals surface area contributed by atoms with E-state index in [4.69, 9.17) is 4.42 Å². The Balaban J connectivity index is 1.58. The number of fused-ring (bicyclic) bond motifs is 1. The first-order valence-corrected chi connectivity index (χ1v) is 10.2. The molecule has 0 N–H and O–H groups in total. The topological polar surface area (TPSA) is 67.6 Å². The maximum atomic E-state index is 12.4. The fraction of sp³-hybridized carbons (Fsp3) is 0.286. The summed E-state index contributed by atoms with van der Waals surface area (Å²) in [6.45, 7) is 0.809. The Morgan fingerprint density at radius 1 is 1.14 bits per heavy atom. The van der Waals surface area contributed by atoms with Crippen LogP contribution in [-0.2, 0) is 13.0 Å². The highest BCUT2D eigenvalue weighted by atomic mass is 32.2. The summed E-state index contributed by atoms with van der Waals surface area (Å²) in [5.41, 5.74) is 1.17. The summed E-state index contributed by atoms with van der Waals surface area (Å²) in [6.07, 6.45) is 5.80. The number of benzene rings is 1. The molecule has 5 nitrogen and oxygen atoms in total. The molecule has 3 aromatic rings. The van der Waals surface area contributed by atoms with Crippen LogP contribution in [0.3, 0.4) is 0 Å². The number of rotatable bonds is 5. The third-order valence-corrected chi connectivity index (χ3v) is 5.47. The minimum atomic E-state index is -2.45. The fourth-order valence-electron chi connectivity index (χ4n) is 3.36. The van der Waals surface area contributed by atoms with E-state index in [1.165, 1.54) is 0 Å². The Hall–Kier alpha value is -2.92. The van der Waals surface area contributed by atoms with Gasteiger partial charge in [-0.05, 0) is 37.1 Å². The molecular formula is C21H18F2N4OS. The molecule has 0 spiro atoms. The van der Waals surface area contributed by atoms with Gasteiger partial charge in [0.25, 0.3) is 5.76 Å². The summed E-state index contributed by atoms with van der Waals surface area (Å²) in [5.74, 6) is 0.157. The minimum Gasteiger partial charge on any atom is -0.457 e. The van der Waals surface area contributed by atoms with Crippen molar-refractivity contribution in [3.8, 4) is 17.4 Å². The number of furan rings is 1. The highest BCUT2D eigenvalue weighted by molar-refractivity contribution is 7.99. The van der Waals surface area contributed by atoms with Crippen LogP contribution < -0.4 is 0 Å². The number of thioether (sulfide) groups is 1. The van der Waals surface area contributed by atoms with E-state index in [2.05, 4.69) is 16.3 Å². The van der Waals surface area contributed by atoms with Crippen molar-refractivity contribution in [1.29, 1.82) is 5.26 Å². The van der Waals surface area contributed by atoms with Crippen LogP contribution in [0, 0.1) is 11.3 Å². The van der Waals surface area contributed by atoms with Gasteiger partial charge in [-0.3, -0.25) is 0 Å². The fourth-order valence-corrected chi connectivity index (χ4v) is 3.86. The average molecular weight is 412 g/mol. The largest absolute Gasteiger partial charge is 0.457 e. The molecule has 0 fully saturated rings. The molecule has 3 heterocycles. The molecule has 0 amide bonds. The van der Waals surface area contributed by atoms with E-state index in [0.29, 0.717) is 39.6 Å². The number of nitriles is 1. The Labute approximate surface area is 171 Å². The molecule has 0 aliphatic carbocycles. The zero-order chi connectivity index (χ0) is 20.2. The summed E-state index contributed by atoms with van der Waals surface area (Å²) in [4.78, 5) is 0.495. The molecule has 2 aromatic heterocycles. The number of hydrogen-bond donors (Lipinski definition) is 0. The lowest BCUT2D eigenvalue weighted by Crippen LogP contribution is -2.05. The van der Waals surface area contributed by atoms with Crippen LogP contribution in [0.1, 0.15) is 36.7 Å². The zero-order valence-corrected chi connectivity index (χ0v) is 16.3. The van der Waals surface area contributed by atoms with Crippen molar-refractivity contribution in [3.05, 3.63) is 53.8 Å². The van der Waals surface area contributed by atoms with Crippen LogP contribution >= 0.6 is 11.8 Å². The number of hydrogen-bond acceptors (Lipinski definition) is 5. The Bertz CT molecular complexity index is 1060. The van der Waals surface area contributed by atoms with Crippen LogP contribution in [0.15, 0.2) is 45.7 Å². The molecule has 0 unspecified atom stereocenters. The Kier molecular flexibility index (Phi) is 5.76. The van der Waals surface area contributed by atoms with E-state index in [0.717, 1.165) is 43.6 Å². The van der Waals surface area contributed by atoms with E-state index in [1.807, 2.05) is 4.57 Å². The highest BCUT2D eigenvalue weighted by Gasteiger charge is 2.18. The smallest absolute Gasteiger partial charge is 0.288 e. The first-order chi connectivity index (χ1) is 14.1. The van der Waals surface area contributed by atoms with Gasteiger partial charge in [0.05, 0.1) is 0 Å². The van der Waals surface area contributed by atoms with Crippen molar-refractivity contribution in [1.82, 2.24) is 14.8 Å². The number of allylic oxidation sites excluding steroid dienone is 1. The van der Waals surface area contributed by atoms with Gasteiger partial charge < -0.3 is 8.98 Å². The quantitative estimate of drug-likeness (QED) is 0.400. The molecule has 0 atom stereocenters. The lowest BCUT2D eigenvalue weighted by molar-refractivity contribution is 0.252. The van der Waals surface area contributed by atoms with Crippen molar-refractivity contribution < 1.29 is 13.2 Å². The SMILES string of the molecule is N#CC(=Cc1ccc(-c2ccc(SC(F)F)cc2)o1)c1nnc2n1CCCCC2. The predicted molar refractivity (Wildman–Crippen MR) is 107 cm³/mol. The van der Waals surface area contributed by atoms with E-state index < -0.39 is 5.76 Å². The molecule has 0 saturated carbocycles. The maximum Gasteiger partial charge on any atom is 0.288 e. The molecule has 0 saturated heterocycles. The first kappa shape index (κ1) is 19.4. The van der Waals surface area contributed by atoms with Crippen molar-refractivity contribution in [3.63, 3.8) is 0 Å². The second-order valence-electron chi connectivity index (χ2n) is 6.68. The average Bonchev–Trinajstić information content (AvgIpc) is 3.27. The molecule has 29 heavy (non-hydrogen) atoms. The van der Waals surface area contributed by atoms with Gasteiger partial charge in [-0.15, -0.1) is 10.2 Å². The van der Waals surface area contributed by atoms with Crippen LogP contribution in [0.2, 0.25) is 0 Å². The van der Waals surface area contributed by atoms with Gasteiger partial charge in [0.15, 0.2) is 5.82 Å².